The third-order valence-electron chi connectivity index (χ3n) is 0.832. The molecule has 0 saturated heterocycles. The SMILES string of the molecule is FC(F)C1[CH]C1. The van der Waals surface area contributed by atoms with E-state index in [1.165, 1.54) is 0 Å². The summed E-state index contributed by atoms with van der Waals surface area (Å²) in [4.78, 5) is 0. The number of rotatable bonds is 1. The fraction of sp³-hybridized carbons (Fsp3) is 0.750. The second-order valence-corrected chi connectivity index (χ2v) is 1.47. The molecule has 0 aliphatic heterocycles. The molecule has 1 radical (unpaired) electrons. The van der Waals surface area contributed by atoms with E-state index in [-0.39, 0.29) is 5.92 Å². The molecule has 1 fully saturated rings. The van der Waals surface area contributed by atoms with Crippen molar-refractivity contribution in [3.8, 4) is 0 Å². The summed E-state index contributed by atoms with van der Waals surface area (Å²) >= 11 is 0. The maximum atomic E-state index is 11.2. The molecule has 1 atom stereocenters. The van der Waals surface area contributed by atoms with Crippen LogP contribution in [0.15, 0.2) is 0 Å². The first-order valence-electron chi connectivity index (χ1n) is 1.92. The van der Waals surface area contributed by atoms with Crippen molar-refractivity contribution >= 4 is 0 Å². The largest absolute Gasteiger partial charge is 0.241 e. The molecule has 1 rings (SSSR count). The van der Waals surface area contributed by atoms with Crippen LogP contribution >= 0.6 is 0 Å². The Bertz CT molecular complexity index is 47.5. The van der Waals surface area contributed by atoms with Gasteiger partial charge in [0.15, 0.2) is 0 Å². The molecule has 0 nitrogen and oxygen atoms in total. The number of hydrogen-bond acceptors (Lipinski definition) is 0. The van der Waals surface area contributed by atoms with E-state index in [4.69, 9.17) is 0 Å². The molecule has 1 saturated carbocycles. The molecule has 0 aromatic carbocycles. The highest BCUT2D eigenvalue weighted by molar-refractivity contribution is 4.95. The van der Waals surface area contributed by atoms with Crippen molar-refractivity contribution in [2.24, 2.45) is 5.92 Å². The molecular formula is C4H5F2. The summed E-state index contributed by atoms with van der Waals surface area (Å²) in [5, 5.41) is 0. The van der Waals surface area contributed by atoms with E-state index < -0.39 is 6.43 Å². The monoisotopic (exact) mass is 91.0 g/mol. The number of hydrogen-bond donors (Lipinski definition) is 0. The second kappa shape index (κ2) is 1.17. The van der Waals surface area contributed by atoms with Crippen molar-refractivity contribution in [3.63, 3.8) is 0 Å². The van der Waals surface area contributed by atoms with Crippen LogP contribution in [0.25, 0.3) is 0 Å². The Balaban J connectivity index is 2.13. The lowest BCUT2D eigenvalue weighted by Crippen LogP contribution is -1.89. The van der Waals surface area contributed by atoms with E-state index >= 15 is 0 Å². The zero-order valence-corrected chi connectivity index (χ0v) is 3.20. The Hall–Kier alpha value is -0.140. The average molecular weight is 91.1 g/mol. The Kier molecular flexibility index (Phi) is 0.787. The summed E-state index contributed by atoms with van der Waals surface area (Å²) in [6, 6.07) is 0. The number of alkyl halides is 2. The fourth-order valence-electron chi connectivity index (χ4n) is 0.284. The Labute approximate surface area is 35.2 Å². The van der Waals surface area contributed by atoms with Gasteiger partial charge in [0.05, 0.1) is 0 Å². The summed E-state index contributed by atoms with van der Waals surface area (Å²) in [5.74, 6) is -0.356. The average Bonchev–Trinajstić information content (AvgIpc) is 2.06. The van der Waals surface area contributed by atoms with Crippen LogP contribution in [0.4, 0.5) is 8.78 Å². The van der Waals surface area contributed by atoms with E-state index in [1.54, 1.807) is 6.42 Å². The Morgan fingerprint density at radius 3 is 2.17 bits per heavy atom. The van der Waals surface area contributed by atoms with Crippen LogP contribution in [0.5, 0.6) is 0 Å². The van der Waals surface area contributed by atoms with Gasteiger partial charge in [-0.1, -0.05) is 0 Å². The van der Waals surface area contributed by atoms with Gasteiger partial charge in [0.2, 0.25) is 6.43 Å². The molecule has 0 heterocycles. The van der Waals surface area contributed by atoms with Gasteiger partial charge in [-0.25, -0.2) is 8.78 Å². The molecule has 2 heteroatoms. The summed E-state index contributed by atoms with van der Waals surface area (Å²) in [5.41, 5.74) is 0. The third kappa shape index (κ3) is 0.671. The van der Waals surface area contributed by atoms with Crippen molar-refractivity contribution in [1.82, 2.24) is 0 Å². The minimum atomic E-state index is -2.09. The second-order valence-electron chi connectivity index (χ2n) is 1.47. The van der Waals surface area contributed by atoms with Crippen LogP contribution in [0.3, 0.4) is 0 Å². The minimum Gasteiger partial charge on any atom is -0.210 e. The van der Waals surface area contributed by atoms with Gasteiger partial charge in [0.1, 0.15) is 0 Å². The molecule has 0 aromatic rings. The molecule has 0 bridgehead atoms. The van der Waals surface area contributed by atoms with Gasteiger partial charge in [-0.15, -0.1) is 0 Å². The topological polar surface area (TPSA) is 0 Å². The van der Waals surface area contributed by atoms with Gasteiger partial charge >= 0.3 is 0 Å². The molecule has 6 heavy (non-hydrogen) atoms. The lowest BCUT2D eigenvalue weighted by Gasteiger charge is -1.84. The molecule has 0 spiro atoms. The predicted octanol–water partition coefficient (Wildman–Crippen LogP) is 1.48. The van der Waals surface area contributed by atoms with Gasteiger partial charge in [0.25, 0.3) is 0 Å². The smallest absolute Gasteiger partial charge is 0.210 e. The van der Waals surface area contributed by atoms with Crippen LogP contribution in [-0.4, -0.2) is 6.43 Å². The summed E-state index contributed by atoms with van der Waals surface area (Å²) in [6.45, 7) is 0. The van der Waals surface area contributed by atoms with E-state index in [9.17, 15) is 8.78 Å². The fourth-order valence-corrected chi connectivity index (χ4v) is 0.284. The molecular weight excluding hydrogens is 86.0 g/mol. The van der Waals surface area contributed by atoms with Crippen molar-refractivity contribution < 1.29 is 8.78 Å². The van der Waals surface area contributed by atoms with Crippen molar-refractivity contribution in [2.45, 2.75) is 12.8 Å². The van der Waals surface area contributed by atoms with Crippen molar-refractivity contribution in [2.75, 3.05) is 0 Å². The first kappa shape index (κ1) is 4.03. The predicted molar refractivity (Wildman–Crippen MR) is 18.4 cm³/mol. The first-order valence-corrected chi connectivity index (χ1v) is 1.92. The van der Waals surface area contributed by atoms with Crippen LogP contribution in [-0.2, 0) is 0 Å². The maximum Gasteiger partial charge on any atom is 0.241 e. The maximum absolute atomic E-state index is 11.2. The van der Waals surface area contributed by atoms with E-state index in [0.29, 0.717) is 6.42 Å². The lowest BCUT2D eigenvalue weighted by atomic mass is 10.5. The Morgan fingerprint density at radius 2 is 2.17 bits per heavy atom. The molecule has 1 unspecified atom stereocenters. The van der Waals surface area contributed by atoms with Crippen LogP contribution in [0.2, 0.25) is 0 Å². The molecule has 0 N–H and O–H groups in total. The van der Waals surface area contributed by atoms with Crippen molar-refractivity contribution in [3.05, 3.63) is 6.42 Å². The summed E-state index contributed by atoms with van der Waals surface area (Å²) in [7, 11) is 0. The zero-order chi connectivity index (χ0) is 4.57. The normalized spacial score (nSPS) is 22.5. The summed E-state index contributed by atoms with van der Waals surface area (Å²) in [6.07, 6.45) is 0.146. The van der Waals surface area contributed by atoms with Gasteiger partial charge < -0.3 is 0 Å². The highest BCUT2D eigenvalue weighted by atomic mass is 19.3. The van der Waals surface area contributed by atoms with Gasteiger partial charge in [0, 0.05) is 5.92 Å². The van der Waals surface area contributed by atoms with Crippen LogP contribution < -0.4 is 0 Å². The summed E-state index contributed by atoms with van der Waals surface area (Å²) < 4.78 is 22.4. The van der Waals surface area contributed by atoms with Gasteiger partial charge in [-0.3, -0.25) is 0 Å². The lowest BCUT2D eigenvalue weighted by molar-refractivity contribution is 0.127. The van der Waals surface area contributed by atoms with Crippen LogP contribution in [0.1, 0.15) is 6.42 Å². The number of halogens is 2. The quantitative estimate of drug-likeness (QED) is 0.458. The van der Waals surface area contributed by atoms with E-state index in [2.05, 4.69) is 0 Å². The zero-order valence-electron chi connectivity index (χ0n) is 3.20. The van der Waals surface area contributed by atoms with Crippen LogP contribution in [0, 0.1) is 12.3 Å². The van der Waals surface area contributed by atoms with E-state index in [0.717, 1.165) is 0 Å². The van der Waals surface area contributed by atoms with E-state index in [1.807, 2.05) is 0 Å². The molecule has 35 valence electrons. The highest BCUT2D eigenvalue weighted by Crippen LogP contribution is 2.33. The first-order chi connectivity index (χ1) is 2.80. The van der Waals surface area contributed by atoms with Gasteiger partial charge in [-0.05, 0) is 12.8 Å². The highest BCUT2D eigenvalue weighted by Gasteiger charge is 2.31. The third-order valence-corrected chi connectivity index (χ3v) is 0.832. The molecule has 0 aromatic heterocycles. The van der Waals surface area contributed by atoms with Gasteiger partial charge in [-0.2, -0.15) is 0 Å². The molecule has 1 aliphatic rings. The molecule has 1 aliphatic carbocycles. The standard InChI is InChI=1S/C4H5F2/c5-4(6)3-1-2-3/h1,3-4H,2H2. The minimum absolute atomic E-state index is 0.356. The molecule has 0 amide bonds. The Morgan fingerprint density at radius 1 is 1.67 bits per heavy atom. The van der Waals surface area contributed by atoms with Crippen molar-refractivity contribution in [1.29, 1.82) is 0 Å².